The summed E-state index contributed by atoms with van der Waals surface area (Å²) in [7, 11) is -4.96. The maximum absolute atomic E-state index is 15.1. The number of sulfone groups is 1. The molecule has 5 heterocycles. The van der Waals surface area contributed by atoms with E-state index in [9.17, 15) is 77.6 Å². The number of nitrogens with zero attached hydrogens (tertiary/aromatic N) is 2. The van der Waals surface area contributed by atoms with Crippen molar-refractivity contribution < 1.29 is 90.9 Å². The summed E-state index contributed by atoms with van der Waals surface area (Å²) in [6.07, 6.45) is -3.20. The highest BCUT2D eigenvalue weighted by Gasteiger charge is 2.46. The molecule has 0 saturated carbocycles. The summed E-state index contributed by atoms with van der Waals surface area (Å²) in [5.41, 5.74) is 0.641. The molecule has 4 aliphatic rings. The van der Waals surface area contributed by atoms with Crippen LogP contribution in [0.4, 0.5) is 5.69 Å². The van der Waals surface area contributed by atoms with E-state index in [4.69, 9.17) is 0 Å². The summed E-state index contributed by atoms with van der Waals surface area (Å²) < 4.78 is 30.1. The maximum Gasteiger partial charge on any atom is 0.253 e. The Bertz CT molecular complexity index is 3620. The van der Waals surface area contributed by atoms with Crippen LogP contribution in [0.15, 0.2) is 65.7 Å². The Morgan fingerprint density at radius 2 is 1.37 bits per heavy atom. The average molecular weight is 1350 g/mol. The second-order valence-corrected chi connectivity index (χ2v) is 26.1. The van der Waals surface area contributed by atoms with Crippen molar-refractivity contribution in [2.24, 2.45) is 17.8 Å². The number of aliphatic hydroxyl groups is 3. The van der Waals surface area contributed by atoms with Gasteiger partial charge in [0.05, 0.1) is 44.1 Å². The van der Waals surface area contributed by atoms with Crippen molar-refractivity contribution in [1.82, 2.24) is 68.0 Å². The smallest absolute Gasteiger partial charge is 0.253 e. The number of H-pyrrole nitrogens is 1. The Kier molecular flexibility index (Phi) is 24.5. The zero-order chi connectivity index (χ0) is 69.7. The molecule has 1 aromatic heterocycles. The van der Waals surface area contributed by atoms with Gasteiger partial charge in [0, 0.05) is 73.6 Å². The lowest BCUT2D eigenvalue weighted by Gasteiger charge is -2.33. The number of aromatic amines is 1. The van der Waals surface area contributed by atoms with Crippen LogP contribution in [0.3, 0.4) is 0 Å². The second-order valence-electron chi connectivity index (χ2n) is 24.2. The topological polar surface area (TPSA) is 488 Å². The first kappa shape index (κ1) is 72.8. The molecule has 1 saturated heterocycles. The lowest BCUT2D eigenvalue weighted by Crippen LogP contribution is -2.62. The van der Waals surface area contributed by atoms with Gasteiger partial charge in [0.15, 0.2) is 9.84 Å². The predicted molar refractivity (Wildman–Crippen MR) is 334 cm³/mol. The SMILES string of the molecule is CC[C@H](C)[C@@H]1NC(=O)CNC(=O)[C@@H]2Cc3c([nH]c4ccccc34)S(=O)(=O)C[C@H](NC(=O)CNC1=O)C(=O)N[C@@H](CC(=O)NCc1ccc(NC(=O)[C@H](C)NC(=O)[C@@H](NC(=O)CCN3C(=O)C=CC3=O)C(C)C)cc1)C(=O)N1C[C@H](O)C[C@H]1C(=O)N[C@@H]([C@@H](C)[C@@H](O)CO)C(=O)N2. The number of hydrogen-bond donors (Lipinski definition) is 15. The normalized spacial score (nSPS) is 24.0. The van der Waals surface area contributed by atoms with Gasteiger partial charge in [-0.25, -0.2) is 8.42 Å². The first-order valence-corrected chi connectivity index (χ1v) is 32.5. The minimum atomic E-state index is -4.96. The number of nitrogens with one attached hydrogen (secondary N) is 12. The van der Waals surface area contributed by atoms with Crippen LogP contribution >= 0.6 is 0 Å². The molecular weight excluding hydrogens is 1260 g/mol. The average Bonchev–Trinajstić information content (AvgIpc) is 1.64. The summed E-state index contributed by atoms with van der Waals surface area (Å²) >= 11 is 0. The molecule has 34 heteroatoms. The van der Waals surface area contributed by atoms with Gasteiger partial charge in [-0.3, -0.25) is 72.0 Å². The Hall–Kier alpha value is -9.67. The van der Waals surface area contributed by atoms with Gasteiger partial charge in [0.1, 0.15) is 53.4 Å². The number of carbonyl (C=O) groups is 14. The van der Waals surface area contributed by atoms with Gasteiger partial charge in [-0.2, -0.15) is 0 Å². The van der Waals surface area contributed by atoms with Gasteiger partial charge in [-0.15, -0.1) is 0 Å². The predicted octanol–water partition coefficient (Wildman–Crippen LogP) is -5.23. The number of benzene rings is 2. The fourth-order valence-corrected chi connectivity index (χ4v) is 12.7. The van der Waals surface area contributed by atoms with Crippen LogP contribution in [-0.4, -0.2) is 220 Å². The lowest BCUT2D eigenvalue weighted by atomic mass is 9.93. The molecule has 1 fully saturated rings. The van der Waals surface area contributed by atoms with Crippen LogP contribution in [0.5, 0.6) is 0 Å². The Morgan fingerprint density at radius 3 is 2.02 bits per heavy atom. The van der Waals surface area contributed by atoms with Crippen molar-refractivity contribution in [3.05, 3.63) is 71.8 Å². The fourth-order valence-electron chi connectivity index (χ4n) is 11.0. The molecular formula is C61H80N14O19S. The highest BCUT2D eigenvalue weighted by atomic mass is 32.2. The number of hydrogen-bond acceptors (Lipinski definition) is 19. The van der Waals surface area contributed by atoms with Gasteiger partial charge in [-0.1, -0.05) is 71.4 Å². The number of imide groups is 1. The molecule has 514 valence electrons. The van der Waals surface area contributed by atoms with E-state index in [0.29, 0.717) is 12.0 Å². The van der Waals surface area contributed by atoms with E-state index in [1.807, 2.05) is 0 Å². The third-order valence-electron chi connectivity index (χ3n) is 16.8. The lowest BCUT2D eigenvalue weighted by molar-refractivity contribution is -0.144. The van der Waals surface area contributed by atoms with Crippen LogP contribution in [-0.2, 0) is 89.9 Å². The third kappa shape index (κ3) is 18.6. The van der Waals surface area contributed by atoms with Gasteiger partial charge in [0.25, 0.3) is 11.8 Å². The third-order valence-corrected chi connectivity index (χ3v) is 18.5. The van der Waals surface area contributed by atoms with E-state index in [1.165, 1.54) is 56.3 Å². The van der Waals surface area contributed by atoms with E-state index in [0.717, 1.165) is 22.0 Å². The zero-order valence-corrected chi connectivity index (χ0v) is 53.8. The monoisotopic (exact) mass is 1340 g/mol. The first-order chi connectivity index (χ1) is 44.9. The van der Waals surface area contributed by atoms with Crippen molar-refractivity contribution in [1.29, 1.82) is 0 Å². The molecule has 2 bridgehead atoms. The van der Waals surface area contributed by atoms with Crippen LogP contribution < -0.4 is 58.5 Å². The summed E-state index contributed by atoms with van der Waals surface area (Å²) in [5, 5.41) is 59.0. The zero-order valence-electron chi connectivity index (χ0n) is 52.9. The number of amides is 14. The Labute approximate surface area is 545 Å². The van der Waals surface area contributed by atoms with Gasteiger partial charge < -0.3 is 83.7 Å². The summed E-state index contributed by atoms with van der Waals surface area (Å²) in [6, 6.07) is -1.33. The molecule has 0 unspecified atom stereocenters. The summed E-state index contributed by atoms with van der Waals surface area (Å²) in [4.78, 5) is 197. The molecule has 0 aliphatic carbocycles. The quantitative estimate of drug-likeness (QED) is 0.0529. The van der Waals surface area contributed by atoms with Crippen LogP contribution in [0.25, 0.3) is 10.9 Å². The van der Waals surface area contributed by atoms with Crippen LogP contribution in [0, 0.1) is 17.8 Å². The van der Waals surface area contributed by atoms with Crippen LogP contribution in [0.1, 0.15) is 78.4 Å². The number of fused-ring (bicyclic) bond motifs is 5. The standard InChI is InChI=1S/C61H80N14O19S/c1-7-30(4)51-57(89)64-24-46(81)67-41-28-95(93,94)60-37(36-10-8-9-11-38(36)70-60)21-39(54(86)63-25-47(82)72-51)68-59(91)52(31(5)43(78)27-76)73-56(88)42-20-35(77)26-75(42)61(92)40(69-55(41)87)22-45(80)62-23-33-12-14-34(15-13-33)66-53(85)32(6)65-58(90)50(29(2)3)71-44(79)18-19-74-48(83)16-17-49(74)84/h8-17,29-32,35,39-43,50-52,70,76-78H,7,18-28H2,1-6H3,(H,62,80)(H,63,86)(H,64,89)(H,65,90)(H,66,85)(H,67,81)(H,68,91)(H,69,87)(H,71,79)(H,72,82)(H,73,88)/t30-,31-,32-,35+,39-,40-,41-,42-,43-,50-,51-,52-/m0/s1. The fraction of sp³-hybridized carbons (Fsp3) is 0.508. The van der Waals surface area contributed by atoms with E-state index in [-0.39, 0.29) is 41.7 Å². The minimum absolute atomic E-state index is 0.159. The Balaban J connectivity index is 1.17. The number of rotatable bonds is 18. The number of aliphatic hydroxyl groups excluding tert-OH is 3. The molecule has 0 spiro atoms. The van der Waals surface area contributed by atoms with Crippen molar-refractivity contribution in [2.75, 3.05) is 43.9 Å². The molecule has 4 aliphatic heterocycles. The molecule has 2 aromatic carbocycles. The molecule has 12 atom stereocenters. The molecule has 7 rings (SSSR count). The molecule has 14 amide bonds. The van der Waals surface area contributed by atoms with Crippen molar-refractivity contribution >= 4 is 109 Å². The number of anilines is 1. The number of para-hydroxylation sites is 1. The van der Waals surface area contributed by atoms with Gasteiger partial charge in [-0.05, 0) is 48.1 Å². The molecule has 3 aromatic rings. The van der Waals surface area contributed by atoms with E-state index >= 15 is 13.2 Å². The second kappa shape index (κ2) is 32.0. The van der Waals surface area contributed by atoms with Crippen LogP contribution in [0.2, 0.25) is 0 Å². The van der Waals surface area contributed by atoms with Crippen molar-refractivity contribution in [3.63, 3.8) is 0 Å². The Morgan fingerprint density at radius 1 is 0.716 bits per heavy atom. The van der Waals surface area contributed by atoms with Gasteiger partial charge >= 0.3 is 0 Å². The van der Waals surface area contributed by atoms with E-state index in [2.05, 4.69) is 63.5 Å². The molecule has 95 heavy (non-hydrogen) atoms. The van der Waals surface area contributed by atoms with Crippen molar-refractivity contribution in [2.45, 2.75) is 146 Å². The highest BCUT2D eigenvalue weighted by Crippen LogP contribution is 2.30. The first-order valence-electron chi connectivity index (χ1n) is 30.8. The number of aromatic nitrogens is 1. The van der Waals surface area contributed by atoms with E-state index < -0.39 is 227 Å². The molecule has 15 N–H and O–H groups in total. The maximum atomic E-state index is 15.1. The minimum Gasteiger partial charge on any atom is -0.394 e. The van der Waals surface area contributed by atoms with E-state index in [1.54, 1.807) is 33.8 Å². The largest absolute Gasteiger partial charge is 0.394 e. The summed E-state index contributed by atoms with van der Waals surface area (Å²) in [5.74, 6) is -16.9. The molecule has 0 radical (unpaired) electrons. The summed E-state index contributed by atoms with van der Waals surface area (Å²) in [6.45, 7) is 5.49. The van der Waals surface area contributed by atoms with Crippen molar-refractivity contribution in [3.8, 4) is 0 Å². The molecule has 33 nitrogen and oxygen atoms in total. The number of carbonyl (C=O) groups excluding carboxylic acids is 14. The van der Waals surface area contributed by atoms with Gasteiger partial charge in [0.2, 0.25) is 70.9 Å². The highest BCUT2D eigenvalue weighted by molar-refractivity contribution is 7.91.